The molecule has 0 spiro atoms. The lowest BCUT2D eigenvalue weighted by Crippen LogP contribution is -2.26. The fourth-order valence-corrected chi connectivity index (χ4v) is 4.31. The highest BCUT2D eigenvalue weighted by atomic mass is 32.2. The van der Waals surface area contributed by atoms with Gasteiger partial charge in [-0.05, 0) is 23.8 Å². The molecule has 0 atom stereocenters. The maximum atomic E-state index is 13.4. The minimum absolute atomic E-state index is 0.0154. The third-order valence-electron chi connectivity index (χ3n) is 5.21. The van der Waals surface area contributed by atoms with Crippen molar-refractivity contribution in [3.63, 3.8) is 0 Å². The van der Waals surface area contributed by atoms with Crippen LogP contribution in [0.25, 0.3) is 5.69 Å². The highest BCUT2D eigenvalue weighted by Gasteiger charge is 2.31. The highest BCUT2D eigenvalue weighted by Crippen LogP contribution is 2.31. The van der Waals surface area contributed by atoms with E-state index in [-0.39, 0.29) is 47.1 Å². The summed E-state index contributed by atoms with van der Waals surface area (Å²) < 4.78 is 41.5. The molecule has 0 unspecified atom stereocenters. The zero-order valence-electron chi connectivity index (χ0n) is 18.9. The maximum absolute atomic E-state index is 13.4. The number of rotatable bonds is 9. The van der Waals surface area contributed by atoms with Gasteiger partial charge in [0.2, 0.25) is 5.91 Å². The van der Waals surface area contributed by atoms with E-state index in [0.29, 0.717) is 5.56 Å². The predicted molar refractivity (Wildman–Crippen MR) is 130 cm³/mol. The Hall–Kier alpha value is -3.92. The third-order valence-corrected chi connectivity index (χ3v) is 6.14. The molecule has 1 aromatic heterocycles. The fourth-order valence-electron chi connectivity index (χ4n) is 3.45. The molecule has 0 aliphatic carbocycles. The van der Waals surface area contributed by atoms with Crippen LogP contribution in [0.5, 0.6) is 0 Å². The topological polar surface area (TPSA) is 76.9 Å². The molecule has 1 heterocycles. The lowest BCUT2D eigenvalue weighted by atomic mass is 10.1. The first-order valence-electron chi connectivity index (χ1n) is 10.9. The van der Waals surface area contributed by atoms with Gasteiger partial charge in [-0.1, -0.05) is 78.5 Å². The summed E-state index contributed by atoms with van der Waals surface area (Å²) in [4.78, 5) is 25.0. The number of carbonyl (C=O) groups is 2. The van der Waals surface area contributed by atoms with Crippen LogP contribution in [0.4, 0.5) is 13.2 Å². The Balaban J connectivity index is 1.57. The molecule has 1 amide bonds. The van der Waals surface area contributed by atoms with Crippen LogP contribution in [0.1, 0.15) is 27.3 Å². The van der Waals surface area contributed by atoms with Gasteiger partial charge in [-0.3, -0.25) is 14.2 Å². The lowest BCUT2D eigenvalue weighted by molar-refractivity contribution is -0.137. The Kier molecular flexibility index (Phi) is 7.84. The van der Waals surface area contributed by atoms with E-state index in [1.807, 2.05) is 30.3 Å². The lowest BCUT2D eigenvalue weighted by Gasteiger charge is -2.13. The first-order chi connectivity index (χ1) is 17.3. The van der Waals surface area contributed by atoms with E-state index in [2.05, 4.69) is 15.5 Å². The SMILES string of the molecule is O=C(Cc1ccccc1)NCc1nnc(SCC(=O)c2ccccc2)n1-c1cccc(C(F)(F)F)c1. The van der Waals surface area contributed by atoms with Crippen molar-refractivity contribution in [1.82, 2.24) is 20.1 Å². The number of halogens is 3. The molecule has 4 rings (SSSR count). The van der Waals surface area contributed by atoms with Gasteiger partial charge in [-0.15, -0.1) is 10.2 Å². The molecule has 0 saturated heterocycles. The van der Waals surface area contributed by atoms with Crippen LogP contribution in [-0.2, 0) is 23.9 Å². The van der Waals surface area contributed by atoms with Crippen molar-refractivity contribution < 1.29 is 22.8 Å². The van der Waals surface area contributed by atoms with Crippen molar-refractivity contribution >= 4 is 23.5 Å². The Bertz CT molecular complexity index is 1340. The number of carbonyl (C=O) groups excluding carboxylic acids is 2. The predicted octanol–water partition coefficient (Wildman–Crippen LogP) is 5.12. The number of thioether (sulfide) groups is 1. The van der Waals surface area contributed by atoms with Crippen LogP contribution in [0.2, 0.25) is 0 Å². The number of alkyl halides is 3. The van der Waals surface area contributed by atoms with E-state index in [0.717, 1.165) is 29.5 Å². The second-order valence-corrected chi connectivity index (χ2v) is 8.74. The summed E-state index contributed by atoms with van der Waals surface area (Å²) in [5, 5.41) is 11.2. The van der Waals surface area contributed by atoms with Crippen molar-refractivity contribution in [2.45, 2.75) is 24.3 Å². The molecule has 4 aromatic rings. The molecule has 0 fully saturated rings. The molecule has 36 heavy (non-hydrogen) atoms. The van der Waals surface area contributed by atoms with E-state index in [4.69, 9.17) is 0 Å². The number of benzene rings is 3. The summed E-state index contributed by atoms with van der Waals surface area (Å²) in [5.41, 5.74) is 0.689. The van der Waals surface area contributed by atoms with E-state index in [1.165, 1.54) is 16.7 Å². The first kappa shape index (κ1) is 25.2. The van der Waals surface area contributed by atoms with Crippen LogP contribution < -0.4 is 5.32 Å². The van der Waals surface area contributed by atoms with Crippen LogP contribution in [0.3, 0.4) is 0 Å². The van der Waals surface area contributed by atoms with Crippen LogP contribution in [0, 0.1) is 0 Å². The van der Waals surface area contributed by atoms with Crippen LogP contribution in [-0.4, -0.2) is 32.2 Å². The number of aromatic nitrogens is 3. The standard InChI is InChI=1S/C26H21F3N4O2S/c27-26(28,29)20-12-7-13-21(15-20)33-23(16-30-24(35)14-18-8-3-1-4-9-18)31-32-25(33)36-17-22(34)19-10-5-2-6-11-19/h1-13,15H,14,16-17H2,(H,30,35). The zero-order chi connectivity index (χ0) is 25.5. The van der Waals surface area contributed by atoms with Gasteiger partial charge in [0.25, 0.3) is 0 Å². The number of amides is 1. The van der Waals surface area contributed by atoms with E-state index in [9.17, 15) is 22.8 Å². The normalized spacial score (nSPS) is 11.3. The van der Waals surface area contributed by atoms with Crippen LogP contribution in [0.15, 0.2) is 90.1 Å². The van der Waals surface area contributed by atoms with E-state index < -0.39 is 11.7 Å². The third kappa shape index (κ3) is 6.39. The van der Waals surface area contributed by atoms with Gasteiger partial charge in [-0.25, -0.2) is 0 Å². The molecule has 10 heteroatoms. The van der Waals surface area contributed by atoms with Gasteiger partial charge in [0, 0.05) is 5.56 Å². The summed E-state index contributed by atoms with van der Waals surface area (Å²) in [6.45, 7) is -0.0535. The Morgan fingerprint density at radius 2 is 1.58 bits per heavy atom. The minimum Gasteiger partial charge on any atom is -0.348 e. The largest absolute Gasteiger partial charge is 0.416 e. The zero-order valence-corrected chi connectivity index (χ0v) is 19.7. The number of nitrogens with zero attached hydrogens (tertiary/aromatic N) is 3. The molecule has 3 aromatic carbocycles. The van der Waals surface area contributed by atoms with Crippen molar-refractivity contribution in [2.75, 3.05) is 5.75 Å². The maximum Gasteiger partial charge on any atom is 0.416 e. The van der Waals surface area contributed by atoms with Gasteiger partial charge in [0.1, 0.15) is 0 Å². The van der Waals surface area contributed by atoms with Crippen molar-refractivity contribution in [3.05, 3.63) is 107 Å². The van der Waals surface area contributed by atoms with Gasteiger partial charge >= 0.3 is 6.18 Å². The molecule has 184 valence electrons. The summed E-state index contributed by atoms with van der Waals surface area (Å²) in [7, 11) is 0. The summed E-state index contributed by atoms with van der Waals surface area (Å²) in [6, 6.07) is 22.6. The molecule has 0 aliphatic rings. The average molecular weight is 511 g/mol. The molecular weight excluding hydrogens is 489 g/mol. The Morgan fingerprint density at radius 3 is 2.28 bits per heavy atom. The number of ketones is 1. The van der Waals surface area contributed by atoms with Gasteiger partial charge < -0.3 is 5.32 Å². The van der Waals surface area contributed by atoms with Gasteiger partial charge in [0.15, 0.2) is 16.8 Å². The molecule has 0 aliphatic heterocycles. The number of hydrogen-bond donors (Lipinski definition) is 1. The van der Waals surface area contributed by atoms with E-state index in [1.54, 1.807) is 30.3 Å². The number of nitrogens with one attached hydrogen (secondary N) is 1. The van der Waals surface area contributed by atoms with Crippen LogP contribution >= 0.6 is 11.8 Å². The quantitative estimate of drug-likeness (QED) is 0.250. The number of Topliss-reactive ketones (excluding diaryl/α,β-unsaturated/α-hetero) is 1. The smallest absolute Gasteiger partial charge is 0.348 e. The molecule has 0 radical (unpaired) electrons. The minimum atomic E-state index is -4.54. The second-order valence-electron chi connectivity index (χ2n) is 7.80. The molecular formula is C26H21F3N4O2S. The Labute approximate surface area is 209 Å². The first-order valence-corrected chi connectivity index (χ1v) is 11.9. The van der Waals surface area contributed by atoms with Gasteiger partial charge in [-0.2, -0.15) is 13.2 Å². The molecule has 6 nitrogen and oxygen atoms in total. The summed E-state index contributed by atoms with van der Waals surface area (Å²) in [6.07, 6.45) is -4.39. The average Bonchev–Trinajstić information content (AvgIpc) is 3.29. The molecule has 1 N–H and O–H groups in total. The Morgan fingerprint density at radius 1 is 0.889 bits per heavy atom. The van der Waals surface area contributed by atoms with Crippen molar-refractivity contribution in [2.24, 2.45) is 0 Å². The molecule has 0 saturated carbocycles. The van der Waals surface area contributed by atoms with Crippen molar-refractivity contribution in [1.29, 1.82) is 0 Å². The summed E-state index contributed by atoms with van der Waals surface area (Å²) >= 11 is 1.06. The number of hydrogen-bond acceptors (Lipinski definition) is 5. The summed E-state index contributed by atoms with van der Waals surface area (Å²) in [5.74, 6) is -0.169. The monoisotopic (exact) mass is 510 g/mol. The van der Waals surface area contributed by atoms with Gasteiger partial charge in [0.05, 0.1) is 30.0 Å². The fraction of sp³-hybridized carbons (Fsp3) is 0.154. The van der Waals surface area contributed by atoms with Crippen molar-refractivity contribution in [3.8, 4) is 5.69 Å². The molecule has 0 bridgehead atoms. The highest BCUT2D eigenvalue weighted by molar-refractivity contribution is 7.99. The second kappa shape index (κ2) is 11.2. The van der Waals surface area contributed by atoms with E-state index >= 15 is 0 Å².